The van der Waals surface area contributed by atoms with E-state index in [1.807, 2.05) is 15.9 Å². The van der Waals surface area contributed by atoms with Crippen molar-refractivity contribution >= 4 is 33.1 Å². The van der Waals surface area contributed by atoms with Crippen molar-refractivity contribution < 1.29 is 5.11 Å². The molecule has 0 radical (unpaired) electrons. The lowest BCUT2D eigenvalue weighted by atomic mass is 9.89. The molecule has 26 heavy (non-hydrogen) atoms. The average molecular weight is 372 g/mol. The van der Waals surface area contributed by atoms with Gasteiger partial charge in [-0.1, -0.05) is 6.92 Å². The minimum atomic E-state index is 0.219. The highest BCUT2D eigenvalue weighted by molar-refractivity contribution is 7.19. The number of thiophene rings is 1. The predicted octanol–water partition coefficient (Wildman–Crippen LogP) is 1.58. The van der Waals surface area contributed by atoms with Gasteiger partial charge in [0.15, 0.2) is 5.65 Å². The van der Waals surface area contributed by atoms with Crippen LogP contribution in [-0.2, 0) is 12.8 Å². The Labute approximate surface area is 156 Å². The van der Waals surface area contributed by atoms with Crippen LogP contribution in [0.3, 0.4) is 0 Å². The van der Waals surface area contributed by atoms with Crippen molar-refractivity contribution in [1.29, 1.82) is 0 Å². The minimum Gasteiger partial charge on any atom is -0.395 e. The number of aliphatic hydroxyl groups excluding tert-OH is 1. The molecule has 0 spiro atoms. The van der Waals surface area contributed by atoms with E-state index in [0.717, 1.165) is 67.9 Å². The number of hydrogen-bond acceptors (Lipinski definition) is 7. The van der Waals surface area contributed by atoms with Crippen molar-refractivity contribution in [3.05, 3.63) is 16.8 Å². The first-order valence-electron chi connectivity index (χ1n) is 9.46. The van der Waals surface area contributed by atoms with Crippen molar-refractivity contribution in [3.63, 3.8) is 0 Å². The Hall–Kier alpha value is -1.77. The lowest BCUT2D eigenvalue weighted by Crippen LogP contribution is -2.48. The highest BCUT2D eigenvalue weighted by Crippen LogP contribution is 2.39. The highest BCUT2D eigenvalue weighted by Gasteiger charge is 2.27. The molecule has 1 atom stereocenters. The lowest BCUT2D eigenvalue weighted by Gasteiger charge is -2.34. The number of β-amino-alcohol motifs (C(OH)–C–C–N with tert-alkyl or cyclic N) is 1. The van der Waals surface area contributed by atoms with Crippen LogP contribution in [0.15, 0.2) is 6.33 Å². The van der Waals surface area contributed by atoms with E-state index in [4.69, 9.17) is 10.1 Å². The molecule has 0 aromatic carbocycles. The fourth-order valence-corrected chi connectivity index (χ4v) is 5.47. The van der Waals surface area contributed by atoms with E-state index >= 15 is 0 Å². The highest BCUT2D eigenvalue weighted by atomic mass is 32.1. The Balaban J connectivity index is 1.58. The van der Waals surface area contributed by atoms with Crippen LogP contribution in [0.2, 0.25) is 0 Å². The number of hydrogen-bond donors (Lipinski definition) is 1. The Morgan fingerprint density at radius 1 is 1.27 bits per heavy atom. The Bertz CT molecular complexity index is 942. The Morgan fingerprint density at radius 3 is 2.92 bits per heavy atom. The molecule has 3 aromatic heterocycles. The number of piperazine rings is 1. The molecular formula is C18H24N6OS. The molecule has 138 valence electrons. The van der Waals surface area contributed by atoms with E-state index in [-0.39, 0.29) is 6.61 Å². The van der Waals surface area contributed by atoms with Crippen molar-refractivity contribution in [2.45, 2.75) is 26.2 Å². The third-order valence-corrected chi connectivity index (χ3v) is 6.91. The standard InChI is InChI=1S/C18H24N6OS/c1-12-2-3-14-13(10-12)15-16-19-11-20-24(16)18(21-17(15)26-14)23-6-4-22(5-7-23)8-9-25/h11-12,25H,2-10H2,1H3/t12-/m0/s1. The number of nitrogens with zero attached hydrogens (tertiary/aromatic N) is 6. The number of aromatic nitrogens is 4. The number of aryl methyl sites for hydroxylation is 1. The smallest absolute Gasteiger partial charge is 0.230 e. The van der Waals surface area contributed by atoms with Crippen molar-refractivity contribution in [2.24, 2.45) is 5.92 Å². The zero-order valence-electron chi connectivity index (χ0n) is 15.1. The first-order valence-corrected chi connectivity index (χ1v) is 10.3. The second kappa shape index (κ2) is 6.44. The van der Waals surface area contributed by atoms with Gasteiger partial charge in [0.25, 0.3) is 0 Å². The van der Waals surface area contributed by atoms with Crippen LogP contribution in [0.25, 0.3) is 15.9 Å². The minimum absolute atomic E-state index is 0.219. The molecule has 4 heterocycles. The molecule has 1 N–H and O–H groups in total. The topological polar surface area (TPSA) is 69.8 Å². The van der Waals surface area contributed by atoms with Crippen molar-refractivity contribution in [2.75, 3.05) is 44.2 Å². The molecule has 1 saturated heterocycles. The summed E-state index contributed by atoms with van der Waals surface area (Å²) in [6.07, 6.45) is 5.20. The number of anilines is 1. The summed E-state index contributed by atoms with van der Waals surface area (Å²) in [5.74, 6) is 1.63. The maximum atomic E-state index is 9.14. The molecule has 1 aliphatic carbocycles. The normalized spacial score (nSPS) is 21.6. The van der Waals surface area contributed by atoms with Crippen LogP contribution in [-0.4, -0.2) is 68.9 Å². The zero-order valence-corrected chi connectivity index (χ0v) is 15.9. The van der Waals surface area contributed by atoms with Gasteiger partial charge in [-0.25, -0.2) is 9.97 Å². The zero-order chi connectivity index (χ0) is 17.7. The monoisotopic (exact) mass is 372 g/mol. The first kappa shape index (κ1) is 16.4. The number of rotatable bonds is 3. The molecule has 0 amide bonds. The van der Waals surface area contributed by atoms with Crippen molar-refractivity contribution in [3.8, 4) is 0 Å². The molecule has 0 saturated carbocycles. The molecular weight excluding hydrogens is 348 g/mol. The van der Waals surface area contributed by atoms with E-state index in [0.29, 0.717) is 0 Å². The fraction of sp³-hybridized carbons (Fsp3) is 0.611. The van der Waals surface area contributed by atoms with Gasteiger partial charge in [-0.2, -0.15) is 9.61 Å². The van der Waals surface area contributed by atoms with Crippen LogP contribution in [0.5, 0.6) is 0 Å². The van der Waals surface area contributed by atoms with Gasteiger partial charge in [-0.05, 0) is 30.7 Å². The summed E-state index contributed by atoms with van der Waals surface area (Å²) in [5.41, 5.74) is 2.41. The van der Waals surface area contributed by atoms with Gasteiger partial charge in [-0.15, -0.1) is 11.3 Å². The van der Waals surface area contributed by atoms with E-state index in [1.54, 1.807) is 6.33 Å². The quantitative estimate of drug-likeness (QED) is 0.753. The first-order chi connectivity index (χ1) is 12.7. The van der Waals surface area contributed by atoms with Crippen molar-refractivity contribution in [1.82, 2.24) is 24.5 Å². The van der Waals surface area contributed by atoms with Gasteiger partial charge in [-0.3, -0.25) is 4.90 Å². The van der Waals surface area contributed by atoms with Crippen LogP contribution >= 0.6 is 11.3 Å². The molecule has 8 heteroatoms. The van der Waals surface area contributed by atoms with Crippen LogP contribution in [0.4, 0.5) is 5.95 Å². The van der Waals surface area contributed by atoms with Gasteiger partial charge in [0.1, 0.15) is 11.2 Å². The summed E-state index contributed by atoms with van der Waals surface area (Å²) < 4.78 is 1.93. The second-order valence-electron chi connectivity index (χ2n) is 7.49. The van der Waals surface area contributed by atoms with Crippen LogP contribution < -0.4 is 4.90 Å². The summed E-state index contributed by atoms with van der Waals surface area (Å²) in [4.78, 5) is 16.8. The molecule has 1 fully saturated rings. The van der Waals surface area contributed by atoms with Gasteiger partial charge < -0.3 is 10.0 Å². The molecule has 7 nitrogen and oxygen atoms in total. The van der Waals surface area contributed by atoms with Gasteiger partial charge in [0.05, 0.1) is 12.0 Å². The third kappa shape index (κ3) is 2.59. The Morgan fingerprint density at radius 2 is 2.12 bits per heavy atom. The summed E-state index contributed by atoms with van der Waals surface area (Å²) in [6.45, 7) is 6.97. The molecule has 0 unspecified atom stereocenters. The SMILES string of the molecule is C[C@H]1CCc2sc3nc(N4CCN(CCO)CC4)n4ncnc4c3c2C1. The van der Waals surface area contributed by atoms with E-state index < -0.39 is 0 Å². The Kier molecular flexibility index (Phi) is 4.06. The molecule has 0 bridgehead atoms. The third-order valence-electron chi connectivity index (χ3n) is 5.72. The second-order valence-corrected chi connectivity index (χ2v) is 8.58. The molecule has 1 aliphatic heterocycles. The lowest BCUT2D eigenvalue weighted by molar-refractivity contribution is 0.188. The summed E-state index contributed by atoms with van der Waals surface area (Å²) in [5, 5.41) is 14.9. The fourth-order valence-electron chi connectivity index (χ4n) is 4.27. The van der Waals surface area contributed by atoms with Gasteiger partial charge >= 0.3 is 0 Å². The molecule has 5 rings (SSSR count). The van der Waals surface area contributed by atoms with Gasteiger partial charge in [0.2, 0.25) is 5.95 Å². The number of aliphatic hydroxyl groups is 1. The van der Waals surface area contributed by atoms with E-state index in [1.165, 1.54) is 22.2 Å². The summed E-state index contributed by atoms with van der Waals surface area (Å²) in [7, 11) is 0. The maximum absolute atomic E-state index is 9.14. The molecule has 3 aromatic rings. The van der Waals surface area contributed by atoms with E-state index in [2.05, 4.69) is 26.8 Å². The summed E-state index contributed by atoms with van der Waals surface area (Å²) >= 11 is 1.84. The largest absolute Gasteiger partial charge is 0.395 e. The summed E-state index contributed by atoms with van der Waals surface area (Å²) in [6, 6.07) is 0. The maximum Gasteiger partial charge on any atom is 0.230 e. The van der Waals surface area contributed by atoms with E-state index in [9.17, 15) is 0 Å². The van der Waals surface area contributed by atoms with Crippen LogP contribution in [0.1, 0.15) is 23.8 Å². The molecule has 2 aliphatic rings. The average Bonchev–Trinajstić information content (AvgIpc) is 3.25. The predicted molar refractivity (Wildman–Crippen MR) is 103 cm³/mol. The number of fused-ring (bicyclic) bond motifs is 5. The van der Waals surface area contributed by atoms with Crippen LogP contribution in [0, 0.1) is 5.92 Å². The van der Waals surface area contributed by atoms with Gasteiger partial charge in [0, 0.05) is 37.6 Å².